The van der Waals surface area contributed by atoms with E-state index >= 15 is 0 Å². The van der Waals surface area contributed by atoms with Crippen LogP contribution in [0.2, 0.25) is 0 Å². The molecule has 0 amide bonds. The Bertz CT molecular complexity index is 535. The van der Waals surface area contributed by atoms with Crippen molar-refractivity contribution in [3.05, 3.63) is 34.9 Å². The van der Waals surface area contributed by atoms with Crippen LogP contribution in [0.15, 0.2) is 44.9 Å². The molecule has 0 spiro atoms. The van der Waals surface area contributed by atoms with Crippen molar-refractivity contribution in [3.63, 3.8) is 0 Å². The van der Waals surface area contributed by atoms with Crippen LogP contribution in [0.1, 0.15) is 0 Å². The zero-order chi connectivity index (χ0) is 13.0. The molecule has 94 valence electrons. The van der Waals surface area contributed by atoms with E-state index in [-0.39, 0.29) is 0 Å². The van der Waals surface area contributed by atoms with E-state index in [2.05, 4.69) is 31.3 Å². The number of benzene rings is 1. The van der Waals surface area contributed by atoms with Gasteiger partial charge in [0, 0.05) is 11.1 Å². The highest BCUT2D eigenvalue weighted by molar-refractivity contribution is 9.10. The van der Waals surface area contributed by atoms with Crippen molar-refractivity contribution in [1.29, 1.82) is 0 Å². The van der Waals surface area contributed by atoms with E-state index in [1.54, 1.807) is 13.3 Å². The minimum Gasteiger partial charge on any atom is -0.497 e. The van der Waals surface area contributed by atoms with Gasteiger partial charge in [0.15, 0.2) is 0 Å². The van der Waals surface area contributed by atoms with Crippen molar-refractivity contribution in [1.82, 2.24) is 9.97 Å². The van der Waals surface area contributed by atoms with Gasteiger partial charge in [0.25, 0.3) is 0 Å². The molecule has 1 aromatic carbocycles. The van der Waals surface area contributed by atoms with Crippen LogP contribution >= 0.6 is 27.7 Å². The average Bonchev–Trinajstić information content (AvgIpc) is 2.42. The Balaban J connectivity index is 2.21. The third-order valence-electron chi connectivity index (χ3n) is 2.11. The molecule has 0 aliphatic rings. The first-order chi connectivity index (χ1) is 8.72. The highest BCUT2D eigenvalue weighted by Crippen LogP contribution is 2.32. The number of nitrogens with one attached hydrogen (secondary N) is 1. The first-order valence-corrected chi connectivity index (χ1v) is 6.65. The molecule has 3 N–H and O–H groups in total. The van der Waals surface area contributed by atoms with Crippen LogP contribution in [-0.4, -0.2) is 17.1 Å². The summed E-state index contributed by atoms with van der Waals surface area (Å²) in [7, 11) is 1.64. The maximum atomic E-state index is 5.28. The normalized spacial score (nSPS) is 10.2. The SMILES string of the molecule is COc1ccc(Sc2nc(NN)ncc2Br)cc1. The molecule has 18 heavy (non-hydrogen) atoms. The second-order valence-electron chi connectivity index (χ2n) is 3.27. The van der Waals surface area contributed by atoms with Gasteiger partial charge in [-0.25, -0.2) is 15.8 Å². The predicted molar refractivity (Wildman–Crippen MR) is 74.7 cm³/mol. The molecule has 0 bridgehead atoms. The first-order valence-electron chi connectivity index (χ1n) is 5.04. The quantitative estimate of drug-likeness (QED) is 0.511. The fraction of sp³-hybridized carbons (Fsp3) is 0.0909. The number of nitrogens with two attached hydrogens (primary N) is 1. The van der Waals surface area contributed by atoms with Gasteiger partial charge in [0.05, 0.1) is 11.6 Å². The highest BCUT2D eigenvalue weighted by Gasteiger charge is 2.06. The number of anilines is 1. The average molecular weight is 327 g/mol. The summed E-state index contributed by atoms with van der Waals surface area (Å²) in [5, 5.41) is 0.795. The fourth-order valence-corrected chi connectivity index (χ4v) is 2.46. The van der Waals surface area contributed by atoms with E-state index in [1.165, 1.54) is 11.8 Å². The number of nitrogens with zero attached hydrogens (tertiary/aromatic N) is 2. The van der Waals surface area contributed by atoms with E-state index < -0.39 is 0 Å². The van der Waals surface area contributed by atoms with Gasteiger partial charge >= 0.3 is 0 Å². The van der Waals surface area contributed by atoms with Gasteiger partial charge < -0.3 is 4.74 Å². The molecule has 0 unspecified atom stereocenters. The minimum absolute atomic E-state index is 0.384. The number of methoxy groups -OCH3 is 1. The molecule has 0 aliphatic carbocycles. The Morgan fingerprint density at radius 1 is 1.33 bits per heavy atom. The Morgan fingerprint density at radius 3 is 2.67 bits per heavy atom. The number of nitrogen functional groups attached to an aromatic ring is 1. The van der Waals surface area contributed by atoms with Crippen LogP contribution in [0.25, 0.3) is 0 Å². The summed E-state index contributed by atoms with van der Waals surface area (Å²) < 4.78 is 5.93. The summed E-state index contributed by atoms with van der Waals surface area (Å²) in [6, 6.07) is 7.74. The van der Waals surface area contributed by atoms with Crippen molar-refractivity contribution in [3.8, 4) is 5.75 Å². The number of aromatic nitrogens is 2. The molecule has 2 aromatic rings. The molecule has 1 aromatic heterocycles. The van der Waals surface area contributed by atoms with E-state index in [0.717, 1.165) is 20.1 Å². The lowest BCUT2D eigenvalue weighted by Crippen LogP contribution is -2.10. The Kier molecular flexibility index (Phi) is 4.40. The molecule has 0 atom stereocenters. The third-order valence-corrected chi connectivity index (χ3v) is 3.97. The zero-order valence-electron chi connectivity index (χ0n) is 9.55. The maximum Gasteiger partial charge on any atom is 0.238 e. The van der Waals surface area contributed by atoms with E-state index in [0.29, 0.717) is 5.95 Å². The Morgan fingerprint density at radius 2 is 2.06 bits per heavy atom. The van der Waals surface area contributed by atoms with Crippen LogP contribution in [0.4, 0.5) is 5.95 Å². The van der Waals surface area contributed by atoms with Crippen molar-refractivity contribution in [2.45, 2.75) is 9.92 Å². The predicted octanol–water partition coefficient (Wildman–Crippen LogP) is 2.68. The lowest BCUT2D eigenvalue weighted by atomic mass is 10.3. The zero-order valence-corrected chi connectivity index (χ0v) is 12.0. The number of ether oxygens (including phenoxy) is 1. The van der Waals surface area contributed by atoms with Crippen molar-refractivity contribution in [2.75, 3.05) is 12.5 Å². The van der Waals surface area contributed by atoms with Gasteiger partial charge in [-0.2, -0.15) is 0 Å². The van der Waals surface area contributed by atoms with Gasteiger partial charge in [-0.1, -0.05) is 11.8 Å². The van der Waals surface area contributed by atoms with Crippen LogP contribution < -0.4 is 16.0 Å². The Hall–Kier alpha value is -1.31. The molecular weight excluding hydrogens is 316 g/mol. The summed E-state index contributed by atoms with van der Waals surface area (Å²) in [5.41, 5.74) is 2.42. The molecule has 0 saturated carbocycles. The summed E-state index contributed by atoms with van der Waals surface area (Å²) in [5.74, 6) is 6.49. The highest BCUT2D eigenvalue weighted by atomic mass is 79.9. The Labute approximate surface area is 117 Å². The van der Waals surface area contributed by atoms with Gasteiger partial charge in [0.2, 0.25) is 5.95 Å². The molecule has 7 heteroatoms. The lowest BCUT2D eigenvalue weighted by molar-refractivity contribution is 0.414. The number of hydrogen-bond donors (Lipinski definition) is 2. The molecule has 2 rings (SSSR count). The molecule has 0 fully saturated rings. The van der Waals surface area contributed by atoms with E-state index in [1.807, 2.05) is 24.3 Å². The van der Waals surface area contributed by atoms with Crippen LogP contribution in [0.5, 0.6) is 5.75 Å². The van der Waals surface area contributed by atoms with Crippen LogP contribution in [-0.2, 0) is 0 Å². The number of hydrogen-bond acceptors (Lipinski definition) is 6. The minimum atomic E-state index is 0.384. The second kappa shape index (κ2) is 6.03. The van der Waals surface area contributed by atoms with Gasteiger partial charge in [-0.05, 0) is 40.2 Å². The largest absolute Gasteiger partial charge is 0.497 e. The number of halogens is 1. The second-order valence-corrected chi connectivity index (χ2v) is 5.19. The summed E-state index contributed by atoms with van der Waals surface area (Å²) in [4.78, 5) is 9.32. The first kappa shape index (κ1) is 13.1. The topological polar surface area (TPSA) is 73.1 Å². The maximum absolute atomic E-state index is 5.28. The smallest absolute Gasteiger partial charge is 0.238 e. The molecule has 0 radical (unpaired) electrons. The third kappa shape index (κ3) is 3.12. The van der Waals surface area contributed by atoms with Gasteiger partial charge in [0.1, 0.15) is 10.8 Å². The van der Waals surface area contributed by atoms with Gasteiger partial charge in [-0.3, -0.25) is 5.43 Å². The molecule has 0 saturated heterocycles. The molecule has 0 aliphatic heterocycles. The monoisotopic (exact) mass is 326 g/mol. The lowest BCUT2D eigenvalue weighted by Gasteiger charge is -2.06. The van der Waals surface area contributed by atoms with E-state index in [9.17, 15) is 0 Å². The summed E-state index contributed by atoms with van der Waals surface area (Å²) in [6.07, 6.45) is 1.66. The van der Waals surface area contributed by atoms with E-state index in [4.69, 9.17) is 10.6 Å². The van der Waals surface area contributed by atoms with Crippen molar-refractivity contribution in [2.24, 2.45) is 5.84 Å². The van der Waals surface area contributed by atoms with Crippen molar-refractivity contribution < 1.29 is 4.74 Å². The van der Waals surface area contributed by atoms with Gasteiger partial charge in [-0.15, -0.1) is 0 Å². The summed E-state index contributed by atoms with van der Waals surface area (Å²) >= 11 is 4.92. The molecule has 5 nitrogen and oxygen atoms in total. The number of rotatable bonds is 4. The van der Waals surface area contributed by atoms with Crippen LogP contribution in [0, 0.1) is 0 Å². The van der Waals surface area contributed by atoms with Crippen molar-refractivity contribution >= 4 is 33.6 Å². The number of hydrazine groups is 1. The summed E-state index contributed by atoms with van der Waals surface area (Å²) in [6.45, 7) is 0. The fourth-order valence-electron chi connectivity index (χ4n) is 1.25. The molecule has 1 heterocycles. The molecular formula is C11H11BrN4OS. The van der Waals surface area contributed by atoms with Crippen LogP contribution in [0.3, 0.4) is 0 Å². The standard InChI is InChI=1S/C11H11BrN4OS/c1-17-7-2-4-8(5-3-7)18-10-9(12)6-14-11(15-10)16-13/h2-6H,13H2,1H3,(H,14,15,16).